The predicted octanol–water partition coefficient (Wildman–Crippen LogP) is 2.45. The monoisotopic (exact) mass is 266 g/mol. The number of nitrogens with zero attached hydrogens (tertiary/aromatic N) is 1. The first-order chi connectivity index (χ1) is 8.45. The molecule has 0 fully saturated rings. The number of carbonyl (C=O) groups is 2. The van der Waals surface area contributed by atoms with Crippen LogP contribution >= 0.6 is 11.6 Å². The maximum absolute atomic E-state index is 12.3. The van der Waals surface area contributed by atoms with Crippen LogP contribution in [0.3, 0.4) is 0 Å². The first kappa shape index (κ1) is 12.9. The summed E-state index contributed by atoms with van der Waals surface area (Å²) in [5.74, 6) is -0.335. The molecule has 1 aliphatic heterocycles. The van der Waals surface area contributed by atoms with Gasteiger partial charge in [-0.25, -0.2) is 0 Å². The molecule has 1 aliphatic rings. The minimum atomic E-state index is -0.442. The third kappa shape index (κ3) is 1.97. The summed E-state index contributed by atoms with van der Waals surface area (Å²) in [5.41, 5.74) is 1.81. The molecule has 0 unspecified atom stereocenters. The maximum atomic E-state index is 12.3. The SMILES string of the molecule is CC[C@H]1C(=O)Nc2c(C)cc(Cl)cc2C(=O)N1C. The van der Waals surface area contributed by atoms with Crippen molar-refractivity contribution in [3.8, 4) is 0 Å². The molecule has 0 aliphatic carbocycles. The molecule has 2 amide bonds. The van der Waals surface area contributed by atoms with E-state index in [2.05, 4.69) is 5.32 Å². The van der Waals surface area contributed by atoms with Crippen molar-refractivity contribution in [2.75, 3.05) is 12.4 Å². The molecule has 1 heterocycles. The molecule has 1 aromatic carbocycles. The molecule has 2 rings (SSSR count). The second-order valence-corrected chi connectivity index (χ2v) is 4.91. The topological polar surface area (TPSA) is 49.4 Å². The van der Waals surface area contributed by atoms with Crippen LogP contribution in [0.15, 0.2) is 12.1 Å². The van der Waals surface area contributed by atoms with E-state index in [9.17, 15) is 9.59 Å². The zero-order valence-electron chi connectivity index (χ0n) is 10.6. The number of anilines is 1. The highest BCUT2D eigenvalue weighted by Crippen LogP contribution is 2.29. The second-order valence-electron chi connectivity index (χ2n) is 4.47. The molecule has 0 aromatic heterocycles. The van der Waals surface area contributed by atoms with E-state index in [1.54, 1.807) is 19.2 Å². The Kier molecular flexibility index (Phi) is 3.30. The molecule has 96 valence electrons. The van der Waals surface area contributed by atoms with Crippen molar-refractivity contribution >= 4 is 29.1 Å². The number of carbonyl (C=O) groups excluding carboxylic acids is 2. The molecule has 1 N–H and O–H groups in total. The number of amides is 2. The van der Waals surface area contributed by atoms with Crippen molar-refractivity contribution in [1.29, 1.82) is 0 Å². The van der Waals surface area contributed by atoms with Gasteiger partial charge in [0.05, 0.1) is 11.3 Å². The molecule has 0 bridgehead atoms. The van der Waals surface area contributed by atoms with Crippen molar-refractivity contribution in [3.05, 3.63) is 28.3 Å². The van der Waals surface area contributed by atoms with E-state index in [0.29, 0.717) is 22.7 Å². The standard InChI is InChI=1S/C13H15ClN2O2/c1-4-10-12(17)15-11-7(2)5-8(14)6-9(11)13(18)16(10)3/h5-6,10H,4H2,1-3H3,(H,15,17)/t10-/m0/s1. The van der Waals surface area contributed by atoms with Crippen LogP contribution in [-0.2, 0) is 4.79 Å². The van der Waals surface area contributed by atoms with Crippen molar-refractivity contribution in [3.63, 3.8) is 0 Å². The summed E-state index contributed by atoms with van der Waals surface area (Å²) >= 11 is 5.97. The van der Waals surface area contributed by atoms with E-state index >= 15 is 0 Å². The smallest absolute Gasteiger partial charge is 0.256 e. The van der Waals surface area contributed by atoms with Gasteiger partial charge in [-0.15, -0.1) is 0 Å². The van der Waals surface area contributed by atoms with E-state index in [0.717, 1.165) is 5.56 Å². The molecule has 0 saturated carbocycles. The summed E-state index contributed by atoms with van der Waals surface area (Å²) in [6, 6.07) is 2.89. The van der Waals surface area contributed by atoms with Gasteiger partial charge in [-0.05, 0) is 31.0 Å². The Bertz CT molecular complexity index is 528. The fourth-order valence-corrected chi connectivity index (χ4v) is 2.52. The van der Waals surface area contributed by atoms with E-state index in [1.807, 2.05) is 13.8 Å². The highest BCUT2D eigenvalue weighted by molar-refractivity contribution is 6.31. The van der Waals surface area contributed by atoms with Gasteiger partial charge in [0.25, 0.3) is 5.91 Å². The van der Waals surface area contributed by atoms with Crippen molar-refractivity contribution in [1.82, 2.24) is 4.90 Å². The van der Waals surface area contributed by atoms with Crippen LogP contribution in [0.25, 0.3) is 0 Å². The highest BCUT2D eigenvalue weighted by Gasteiger charge is 2.32. The van der Waals surface area contributed by atoms with Gasteiger partial charge in [-0.2, -0.15) is 0 Å². The molecule has 1 aromatic rings. The van der Waals surface area contributed by atoms with Crippen molar-refractivity contribution in [2.45, 2.75) is 26.3 Å². The van der Waals surface area contributed by atoms with Gasteiger partial charge in [-0.1, -0.05) is 18.5 Å². The van der Waals surface area contributed by atoms with E-state index in [4.69, 9.17) is 11.6 Å². The zero-order chi connectivity index (χ0) is 13.4. The van der Waals surface area contributed by atoms with E-state index < -0.39 is 6.04 Å². The van der Waals surface area contributed by atoms with E-state index in [1.165, 1.54) is 4.90 Å². The molecular weight excluding hydrogens is 252 g/mol. The molecule has 0 radical (unpaired) electrons. The first-order valence-electron chi connectivity index (χ1n) is 5.83. The Morgan fingerprint density at radius 3 is 2.67 bits per heavy atom. The summed E-state index contributed by atoms with van der Waals surface area (Å²) < 4.78 is 0. The lowest BCUT2D eigenvalue weighted by Crippen LogP contribution is -2.42. The number of halogens is 1. The summed E-state index contributed by atoms with van der Waals surface area (Å²) in [5, 5.41) is 3.32. The molecule has 0 saturated heterocycles. The van der Waals surface area contributed by atoms with Gasteiger partial charge in [0.1, 0.15) is 6.04 Å². The maximum Gasteiger partial charge on any atom is 0.256 e. The fraction of sp³-hybridized carbons (Fsp3) is 0.385. The van der Waals surface area contributed by atoms with Crippen LogP contribution in [0, 0.1) is 6.92 Å². The summed E-state index contributed by atoms with van der Waals surface area (Å²) in [4.78, 5) is 25.9. The predicted molar refractivity (Wildman–Crippen MR) is 71.0 cm³/mol. The molecule has 1 atom stereocenters. The highest BCUT2D eigenvalue weighted by atomic mass is 35.5. The van der Waals surface area contributed by atoms with Gasteiger partial charge < -0.3 is 10.2 Å². The zero-order valence-corrected chi connectivity index (χ0v) is 11.3. The lowest BCUT2D eigenvalue weighted by molar-refractivity contribution is -0.120. The number of aryl methyl sites for hydroxylation is 1. The summed E-state index contributed by atoms with van der Waals surface area (Å²) in [6.45, 7) is 3.70. The van der Waals surface area contributed by atoms with Crippen LogP contribution in [-0.4, -0.2) is 29.8 Å². The van der Waals surface area contributed by atoms with Crippen LogP contribution in [0.4, 0.5) is 5.69 Å². The van der Waals surface area contributed by atoms with Crippen molar-refractivity contribution < 1.29 is 9.59 Å². The number of rotatable bonds is 1. The van der Waals surface area contributed by atoms with Crippen LogP contribution in [0.5, 0.6) is 0 Å². The Morgan fingerprint density at radius 1 is 1.39 bits per heavy atom. The second kappa shape index (κ2) is 4.61. The molecule has 5 heteroatoms. The molecule has 0 spiro atoms. The largest absolute Gasteiger partial charge is 0.330 e. The number of likely N-dealkylation sites (N-methyl/N-ethyl adjacent to an activating group) is 1. The Balaban J connectivity index is 2.60. The Hall–Kier alpha value is -1.55. The number of hydrogen-bond donors (Lipinski definition) is 1. The fourth-order valence-electron chi connectivity index (χ4n) is 2.25. The lowest BCUT2D eigenvalue weighted by atomic mass is 10.1. The van der Waals surface area contributed by atoms with E-state index in [-0.39, 0.29) is 11.8 Å². The van der Waals surface area contributed by atoms with Crippen LogP contribution in [0.1, 0.15) is 29.3 Å². The van der Waals surface area contributed by atoms with Crippen molar-refractivity contribution in [2.24, 2.45) is 0 Å². The Morgan fingerprint density at radius 2 is 2.06 bits per heavy atom. The third-order valence-electron chi connectivity index (χ3n) is 3.26. The minimum Gasteiger partial charge on any atom is -0.330 e. The molecule has 18 heavy (non-hydrogen) atoms. The first-order valence-corrected chi connectivity index (χ1v) is 6.21. The van der Waals surface area contributed by atoms with Gasteiger partial charge >= 0.3 is 0 Å². The number of benzene rings is 1. The van der Waals surface area contributed by atoms with Crippen LogP contribution in [0.2, 0.25) is 5.02 Å². The van der Waals surface area contributed by atoms with Gasteiger partial charge in [0.2, 0.25) is 5.91 Å². The number of nitrogens with one attached hydrogen (secondary N) is 1. The summed E-state index contributed by atoms with van der Waals surface area (Å²) in [6.07, 6.45) is 0.578. The third-order valence-corrected chi connectivity index (χ3v) is 3.47. The molecule has 4 nitrogen and oxygen atoms in total. The average Bonchev–Trinajstić information content (AvgIpc) is 2.39. The Labute approximate surface area is 111 Å². The average molecular weight is 267 g/mol. The van der Waals surface area contributed by atoms with Gasteiger partial charge in [0, 0.05) is 12.1 Å². The van der Waals surface area contributed by atoms with Gasteiger partial charge in [-0.3, -0.25) is 9.59 Å². The van der Waals surface area contributed by atoms with Crippen LogP contribution < -0.4 is 5.32 Å². The molecular formula is C13H15ClN2O2. The van der Waals surface area contributed by atoms with Gasteiger partial charge in [0.15, 0.2) is 0 Å². The minimum absolute atomic E-state index is 0.155. The number of fused-ring (bicyclic) bond motifs is 1. The number of hydrogen-bond acceptors (Lipinski definition) is 2. The quantitative estimate of drug-likeness (QED) is 0.849. The summed E-state index contributed by atoms with van der Waals surface area (Å²) in [7, 11) is 1.64. The normalized spacial score (nSPS) is 19.3. The lowest BCUT2D eigenvalue weighted by Gasteiger charge is -2.22.